The van der Waals surface area contributed by atoms with Crippen LogP contribution in [-0.2, 0) is 11.2 Å². The molecule has 0 aliphatic rings. The van der Waals surface area contributed by atoms with Gasteiger partial charge in [0, 0.05) is 12.1 Å². The second kappa shape index (κ2) is 6.42. The molecule has 6 nitrogen and oxygen atoms in total. The summed E-state index contributed by atoms with van der Waals surface area (Å²) in [6.07, 6.45) is 0.708. The summed E-state index contributed by atoms with van der Waals surface area (Å²) in [4.78, 5) is 11.9. The molecule has 0 radical (unpaired) electrons. The first-order valence-electron chi connectivity index (χ1n) is 6.29. The van der Waals surface area contributed by atoms with E-state index in [-0.39, 0.29) is 11.7 Å². The van der Waals surface area contributed by atoms with E-state index in [9.17, 15) is 4.79 Å². The van der Waals surface area contributed by atoms with Gasteiger partial charge in [-0.3, -0.25) is 4.79 Å². The largest absolute Gasteiger partial charge is 0.336 e. The van der Waals surface area contributed by atoms with Gasteiger partial charge in [-0.2, -0.15) is 0 Å². The number of rotatable bonds is 5. The Morgan fingerprint density at radius 2 is 2.25 bits per heavy atom. The molecule has 0 fully saturated rings. The molecule has 0 saturated heterocycles. The second-order valence-electron chi connectivity index (χ2n) is 4.33. The number of nitrogens with zero attached hydrogens (tertiary/aromatic N) is 3. The van der Waals surface area contributed by atoms with Crippen molar-refractivity contribution < 1.29 is 4.79 Å². The van der Waals surface area contributed by atoms with E-state index < -0.39 is 0 Å². The molecule has 2 aromatic rings. The lowest BCUT2D eigenvalue weighted by molar-refractivity contribution is -0.113. The number of aryl methyl sites for hydroxylation is 2. The van der Waals surface area contributed by atoms with Crippen LogP contribution in [0, 0.1) is 6.92 Å². The summed E-state index contributed by atoms with van der Waals surface area (Å²) in [6.45, 7) is 3.93. The first-order chi connectivity index (χ1) is 9.60. The van der Waals surface area contributed by atoms with Crippen molar-refractivity contribution in [3.8, 4) is 0 Å². The van der Waals surface area contributed by atoms with Gasteiger partial charge in [0.2, 0.25) is 11.1 Å². The van der Waals surface area contributed by atoms with Gasteiger partial charge in [-0.15, -0.1) is 10.2 Å². The zero-order valence-corrected chi connectivity index (χ0v) is 12.3. The van der Waals surface area contributed by atoms with E-state index in [1.54, 1.807) is 0 Å². The molecule has 0 aliphatic heterocycles. The third-order valence-electron chi connectivity index (χ3n) is 2.69. The van der Waals surface area contributed by atoms with E-state index in [0.29, 0.717) is 17.4 Å². The number of anilines is 1. The normalized spacial score (nSPS) is 10.5. The summed E-state index contributed by atoms with van der Waals surface area (Å²) in [5.41, 5.74) is 1.89. The van der Waals surface area contributed by atoms with Crippen molar-refractivity contribution in [1.82, 2.24) is 14.9 Å². The summed E-state index contributed by atoms with van der Waals surface area (Å²) in [7, 11) is 0. The van der Waals surface area contributed by atoms with E-state index in [1.807, 2.05) is 38.1 Å². The van der Waals surface area contributed by atoms with Gasteiger partial charge in [0.05, 0.1) is 5.75 Å². The SMILES string of the molecule is CCc1nnc(SCC(=O)Nc2cccc(C)c2)n1N. The molecule has 1 heterocycles. The minimum atomic E-state index is -0.0957. The van der Waals surface area contributed by atoms with Gasteiger partial charge >= 0.3 is 0 Å². The second-order valence-corrected chi connectivity index (χ2v) is 5.27. The van der Waals surface area contributed by atoms with E-state index in [1.165, 1.54) is 16.4 Å². The number of hydrogen-bond acceptors (Lipinski definition) is 5. The van der Waals surface area contributed by atoms with Gasteiger partial charge in [-0.25, -0.2) is 4.68 Å². The maximum absolute atomic E-state index is 11.9. The first-order valence-corrected chi connectivity index (χ1v) is 7.27. The Hall–Kier alpha value is -2.02. The number of benzene rings is 1. The Labute approximate surface area is 121 Å². The number of hydrogen-bond donors (Lipinski definition) is 2. The van der Waals surface area contributed by atoms with Gasteiger partial charge in [0.15, 0.2) is 5.82 Å². The molecule has 0 bridgehead atoms. The van der Waals surface area contributed by atoms with Crippen LogP contribution in [0.15, 0.2) is 29.4 Å². The van der Waals surface area contributed by atoms with E-state index in [0.717, 1.165) is 11.3 Å². The van der Waals surface area contributed by atoms with E-state index in [2.05, 4.69) is 15.5 Å². The summed E-state index contributed by atoms with van der Waals surface area (Å²) in [5.74, 6) is 6.66. The Balaban J connectivity index is 1.90. The smallest absolute Gasteiger partial charge is 0.234 e. The van der Waals surface area contributed by atoms with Crippen LogP contribution in [-0.4, -0.2) is 26.5 Å². The molecular weight excluding hydrogens is 274 g/mol. The fourth-order valence-electron chi connectivity index (χ4n) is 1.70. The fraction of sp³-hybridized carbons (Fsp3) is 0.308. The number of amides is 1. The van der Waals surface area contributed by atoms with E-state index in [4.69, 9.17) is 5.84 Å². The maximum atomic E-state index is 11.9. The molecule has 2 rings (SSSR count). The summed E-state index contributed by atoms with van der Waals surface area (Å²) in [6, 6.07) is 7.66. The standard InChI is InChI=1S/C13H17N5OS/c1-3-11-16-17-13(18(11)14)20-8-12(19)15-10-6-4-5-9(2)7-10/h4-7H,3,8,14H2,1-2H3,(H,15,19). The topological polar surface area (TPSA) is 85.8 Å². The summed E-state index contributed by atoms with van der Waals surface area (Å²) in [5, 5.41) is 11.3. The molecule has 3 N–H and O–H groups in total. The molecular formula is C13H17N5OS. The van der Waals surface area contributed by atoms with Gasteiger partial charge in [-0.05, 0) is 24.6 Å². The summed E-state index contributed by atoms with van der Waals surface area (Å²) >= 11 is 1.27. The lowest BCUT2D eigenvalue weighted by atomic mass is 10.2. The van der Waals surface area contributed by atoms with Gasteiger partial charge in [-0.1, -0.05) is 30.8 Å². The monoisotopic (exact) mass is 291 g/mol. The predicted octanol–water partition coefficient (Wildman–Crippen LogP) is 1.59. The average molecular weight is 291 g/mol. The fourth-order valence-corrected chi connectivity index (χ4v) is 2.37. The third kappa shape index (κ3) is 3.51. The van der Waals surface area contributed by atoms with Crippen LogP contribution in [0.3, 0.4) is 0 Å². The van der Waals surface area contributed by atoms with E-state index >= 15 is 0 Å². The molecule has 1 aromatic heterocycles. The molecule has 0 atom stereocenters. The van der Waals surface area contributed by atoms with Crippen LogP contribution >= 0.6 is 11.8 Å². The quantitative estimate of drug-likeness (QED) is 0.645. The molecule has 20 heavy (non-hydrogen) atoms. The molecule has 0 aliphatic carbocycles. The number of thioether (sulfide) groups is 1. The Kier molecular flexibility index (Phi) is 4.62. The van der Waals surface area contributed by atoms with Crippen molar-refractivity contribution >= 4 is 23.4 Å². The number of nitrogens with one attached hydrogen (secondary N) is 1. The highest BCUT2D eigenvalue weighted by Gasteiger charge is 2.11. The van der Waals surface area contributed by atoms with Crippen molar-refractivity contribution in [2.24, 2.45) is 0 Å². The van der Waals surface area contributed by atoms with Crippen molar-refractivity contribution in [3.05, 3.63) is 35.7 Å². The van der Waals surface area contributed by atoms with Gasteiger partial charge in [0.25, 0.3) is 0 Å². The van der Waals surface area contributed by atoms with Crippen molar-refractivity contribution in [3.63, 3.8) is 0 Å². The molecule has 0 unspecified atom stereocenters. The Bertz CT molecular complexity index is 611. The highest BCUT2D eigenvalue weighted by Crippen LogP contribution is 2.16. The summed E-state index contributed by atoms with van der Waals surface area (Å²) < 4.78 is 1.42. The van der Waals surface area contributed by atoms with Crippen molar-refractivity contribution in [1.29, 1.82) is 0 Å². The molecule has 1 aromatic carbocycles. The lowest BCUT2D eigenvalue weighted by Gasteiger charge is -2.05. The highest BCUT2D eigenvalue weighted by molar-refractivity contribution is 7.99. The minimum absolute atomic E-state index is 0.0957. The number of nitrogen functional groups attached to an aromatic ring is 1. The number of carbonyl (C=O) groups excluding carboxylic acids is 1. The zero-order valence-electron chi connectivity index (χ0n) is 11.5. The van der Waals surface area contributed by atoms with Crippen molar-refractivity contribution in [2.75, 3.05) is 16.9 Å². The number of nitrogens with two attached hydrogens (primary N) is 1. The molecule has 0 saturated carbocycles. The van der Waals surface area contributed by atoms with Crippen LogP contribution in [0.25, 0.3) is 0 Å². The average Bonchev–Trinajstić information content (AvgIpc) is 2.77. The van der Waals surface area contributed by atoms with Crippen LogP contribution in [0.5, 0.6) is 0 Å². The number of carbonyl (C=O) groups is 1. The Morgan fingerprint density at radius 3 is 2.90 bits per heavy atom. The Morgan fingerprint density at radius 1 is 1.45 bits per heavy atom. The molecule has 7 heteroatoms. The molecule has 106 valence electrons. The third-order valence-corrected chi connectivity index (χ3v) is 3.63. The predicted molar refractivity (Wildman–Crippen MR) is 80.1 cm³/mol. The van der Waals surface area contributed by atoms with Crippen LogP contribution < -0.4 is 11.2 Å². The molecule has 1 amide bonds. The van der Waals surface area contributed by atoms with Gasteiger partial charge in [0.1, 0.15) is 0 Å². The lowest BCUT2D eigenvalue weighted by Crippen LogP contribution is -2.17. The minimum Gasteiger partial charge on any atom is -0.336 e. The van der Waals surface area contributed by atoms with Gasteiger partial charge < -0.3 is 11.2 Å². The van der Waals surface area contributed by atoms with Crippen LogP contribution in [0.2, 0.25) is 0 Å². The van der Waals surface area contributed by atoms with Crippen LogP contribution in [0.4, 0.5) is 5.69 Å². The number of aromatic nitrogens is 3. The zero-order chi connectivity index (χ0) is 14.5. The van der Waals surface area contributed by atoms with Crippen LogP contribution in [0.1, 0.15) is 18.3 Å². The maximum Gasteiger partial charge on any atom is 0.234 e. The first kappa shape index (κ1) is 14.4. The van der Waals surface area contributed by atoms with Crippen molar-refractivity contribution in [2.45, 2.75) is 25.4 Å². The molecule has 0 spiro atoms. The highest BCUT2D eigenvalue weighted by atomic mass is 32.2.